The van der Waals surface area contributed by atoms with Gasteiger partial charge in [-0.15, -0.1) is 5.10 Å². The lowest BCUT2D eigenvalue weighted by atomic mass is 10.2. The topological polar surface area (TPSA) is 65.8 Å². The van der Waals surface area contributed by atoms with Gasteiger partial charge in [-0.05, 0) is 43.3 Å². The minimum Gasteiger partial charge on any atom is -0.353 e. The highest BCUT2D eigenvalue weighted by Gasteiger charge is 2.26. The first-order chi connectivity index (χ1) is 13.1. The maximum atomic E-state index is 13.0. The average Bonchev–Trinajstić information content (AvgIpc) is 3.17. The van der Waals surface area contributed by atoms with Crippen LogP contribution in [0.4, 0.5) is 15.9 Å². The average molecular weight is 368 g/mol. The Morgan fingerprint density at radius 2 is 1.85 bits per heavy atom. The Balaban J connectivity index is 1.35. The summed E-state index contributed by atoms with van der Waals surface area (Å²) in [6.45, 7) is 5.01. The number of nitrogens with zero attached hydrogens (tertiary/aromatic N) is 5. The van der Waals surface area contributed by atoms with Crippen molar-refractivity contribution in [3.63, 3.8) is 0 Å². The summed E-state index contributed by atoms with van der Waals surface area (Å²) < 4.78 is 14.7. The van der Waals surface area contributed by atoms with Crippen LogP contribution in [0.25, 0.3) is 5.65 Å². The molecule has 1 aliphatic rings. The highest BCUT2D eigenvalue weighted by atomic mass is 19.1. The van der Waals surface area contributed by atoms with Gasteiger partial charge in [0.2, 0.25) is 5.91 Å². The first-order valence-corrected chi connectivity index (χ1v) is 8.96. The molecule has 0 aliphatic carbocycles. The summed E-state index contributed by atoms with van der Waals surface area (Å²) in [6.07, 6.45) is 3.56. The van der Waals surface area contributed by atoms with Gasteiger partial charge in [0, 0.05) is 44.3 Å². The zero-order valence-corrected chi connectivity index (χ0v) is 15.0. The van der Waals surface area contributed by atoms with Crippen LogP contribution < -0.4 is 10.2 Å². The molecule has 1 N–H and O–H groups in total. The molecule has 140 valence electrons. The van der Waals surface area contributed by atoms with Crippen molar-refractivity contribution < 1.29 is 9.18 Å². The van der Waals surface area contributed by atoms with Crippen molar-refractivity contribution in [1.82, 2.24) is 19.5 Å². The van der Waals surface area contributed by atoms with E-state index in [9.17, 15) is 9.18 Å². The van der Waals surface area contributed by atoms with Crippen molar-refractivity contribution in [2.75, 3.05) is 36.4 Å². The van der Waals surface area contributed by atoms with Gasteiger partial charge in [0.15, 0.2) is 5.65 Å². The zero-order valence-electron chi connectivity index (χ0n) is 15.0. The molecule has 4 rings (SSSR count). The molecule has 1 aromatic carbocycles. The minimum absolute atomic E-state index is 0.0898. The highest BCUT2D eigenvalue weighted by Crippen LogP contribution is 2.16. The number of carbonyl (C=O) groups is 1. The minimum atomic E-state index is -0.320. The van der Waals surface area contributed by atoms with Gasteiger partial charge in [0.25, 0.3) is 0 Å². The van der Waals surface area contributed by atoms with E-state index in [4.69, 9.17) is 0 Å². The van der Waals surface area contributed by atoms with E-state index < -0.39 is 0 Å². The van der Waals surface area contributed by atoms with Crippen LogP contribution in [0, 0.1) is 5.82 Å². The third-order valence-electron chi connectivity index (χ3n) is 4.92. The molecule has 3 aromatic rings. The van der Waals surface area contributed by atoms with Crippen molar-refractivity contribution in [3.8, 4) is 0 Å². The molecule has 8 heteroatoms. The van der Waals surface area contributed by atoms with E-state index in [1.165, 1.54) is 12.1 Å². The largest absolute Gasteiger partial charge is 0.353 e. The van der Waals surface area contributed by atoms with Gasteiger partial charge in [0.05, 0.1) is 6.04 Å². The van der Waals surface area contributed by atoms with Gasteiger partial charge < -0.3 is 10.2 Å². The molecular weight excluding hydrogens is 347 g/mol. The van der Waals surface area contributed by atoms with E-state index >= 15 is 0 Å². The van der Waals surface area contributed by atoms with Crippen molar-refractivity contribution >= 4 is 23.1 Å². The van der Waals surface area contributed by atoms with E-state index in [0.29, 0.717) is 5.69 Å². The summed E-state index contributed by atoms with van der Waals surface area (Å²) in [7, 11) is 0. The molecule has 0 spiro atoms. The summed E-state index contributed by atoms with van der Waals surface area (Å²) >= 11 is 0. The number of piperazine rings is 1. The number of fused-ring (bicyclic) bond motifs is 1. The molecule has 27 heavy (non-hydrogen) atoms. The number of anilines is 2. The summed E-state index contributed by atoms with van der Waals surface area (Å²) in [4.78, 5) is 21.0. The lowest BCUT2D eigenvalue weighted by Crippen LogP contribution is -2.53. The predicted octanol–water partition coefficient (Wildman–Crippen LogP) is 2.02. The zero-order chi connectivity index (χ0) is 18.8. The molecule has 1 fully saturated rings. The van der Waals surface area contributed by atoms with Crippen molar-refractivity contribution in [3.05, 3.63) is 54.6 Å². The van der Waals surface area contributed by atoms with E-state index in [1.54, 1.807) is 22.8 Å². The van der Waals surface area contributed by atoms with Gasteiger partial charge in [0.1, 0.15) is 11.6 Å². The Morgan fingerprint density at radius 3 is 2.59 bits per heavy atom. The number of benzene rings is 1. The van der Waals surface area contributed by atoms with Crippen LogP contribution >= 0.6 is 0 Å². The van der Waals surface area contributed by atoms with E-state index in [0.717, 1.165) is 37.6 Å². The molecule has 3 heterocycles. The van der Waals surface area contributed by atoms with Gasteiger partial charge in [-0.25, -0.2) is 13.9 Å². The standard InChI is InChI=1S/C19H21FN6O/c1-14(19(27)22-16-4-2-15(20)3-5-16)24-10-12-25(13-11-24)18-7-6-17-21-8-9-26(17)23-18/h2-9,14H,10-13H2,1H3,(H,22,27)/t14-/m0/s1. The van der Waals surface area contributed by atoms with E-state index in [2.05, 4.69) is 25.2 Å². The molecule has 0 saturated carbocycles. The Labute approximate surface area is 156 Å². The van der Waals surface area contributed by atoms with Crippen molar-refractivity contribution in [2.45, 2.75) is 13.0 Å². The van der Waals surface area contributed by atoms with Crippen LogP contribution in [0.15, 0.2) is 48.8 Å². The second kappa shape index (κ2) is 7.32. The first kappa shape index (κ1) is 17.4. The molecule has 1 atom stereocenters. The molecular formula is C19H21FN6O. The fourth-order valence-corrected chi connectivity index (χ4v) is 3.26. The maximum absolute atomic E-state index is 13.0. The highest BCUT2D eigenvalue weighted by molar-refractivity contribution is 5.94. The van der Waals surface area contributed by atoms with Gasteiger partial charge in [-0.2, -0.15) is 0 Å². The van der Waals surface area contributed by atoms with Crippen LogP contribution in [0.1, 0.15) is 6.92 Å². The van der Waals surface area contributed by atoms with Gasteiger partial charge in [-0.1, -0.05) is 0 Å². The fraction of sp³-hybridized carbons (Fsp3) is 0.316. The van der Waals surface area contributed by atoms with Crippen LogP contribution in [-0.2, 0) is 4.79 Å². The quantitative estimate of drug-likeness (QED) is 0.763. The number of imidazole rings is 1. The normalized spacial score (nSPS) is 16.4. The van der Waals surface area contributed by atoms with E-state index in [-0.39, 0.29) is 17.8 Å². The number of hydrogen-bond acceptors (Lipinski definition) is 5. The van der Waals surface area contributed by atoms with Crippen molar-refractivity contribution in [2.24, 2.45) is 0 Å². The Morgan fingerprint density at radius 1 is 1.11 bits per heavy atom. The second-order valence-corrected chi connectivity index (χ2v) is 6.62. The second-order valence-electron chi connectivity index (χ2n) is 6.62. The van der Waals surface area contributed by atoms with Crippen LogP contribution in [0.2, 0.25) is 0 Å². The smallest absolute Gasteiger partial charge is 0.241 e. The molecule has 1 aliphatic heterocycles. The number of amides is 1. The van der Waals surface area contributed by atoms with Crippen LogP contribution in [0.3, 0.4) is 0 Å². The summed E-state index contributed by atoms with van der Waals surface area (Å²) in [5.74, 6) is 0.497. The fourth-order valence-electron chi connectivity index (χ4n) is 3.26. The summed E-state index contributed by atoms with van der Waals surface area (Å²) in [5, 5.41) is 7.42. The number of aromatic nitrogens is 3. The molecule has 1 amide bonds. The Bertz CT molecular complexity index is 933. The molecule has 0 bridgehead atoms. The molecule has 2 aromatic heterocycles. The summed E-state index contributed by atoms with van der Waals surface area (Å²) in [6, 6.07) is 9.47. The lowest BCUT2D eigenvalue weighted by molar-refractivity contribution is -0.120. The predicted molar refractivity (Wildman–Crippen MR) is 101 cm³/mol. The van der Waals surface area contributed by atoms with Gasteiger partial charge in [-0.3, -0.25) is 9.69 Å². The van der Waals surface area contributed by atoms with Crippen LogP contribution in [0.5, 0.6) is 0 Å². The molecule has 0 unspecified atom stereocenters. The molecule has 7 nitrogen and oxygen atoms in total. The lowest BCUT2D eigenvalue weighted by Gasteiger charge is -2.37. The maximum Gasteiger partial charge on any atom is 0.241 e. The monoisotopic (exact) mass is 368 g/mol. The molecule has 0 radical (unpaired) electrons. The third-order valence-corrected chi connectivity index (χ3v) is 4.92. The van der Waals surface area contributed by atoms with E-state index in [1.807, 2.05) is 25.3 Å². The molecule has 1 saturated heterocycles. The Hall–Kier alpha value is -3.00. The number of carbonyl (C=O) groups excluding carboxylic acids is 1. The first-order valence-electron chi connectivity index (χ1n) is 8.96. The summed E-state index contributed by atoms with van der Waals surface area (Å²) in [5.41, 5.74) is 1.42. The Kier molecular flexibility index (Phi) is 4.72. The number of halogens is 1. The van der Waals surface area contributed by atoms with Gasteiger partial charge >= 0.3 is 0 Å². The SMILES string of the molecule is C[C@@H](C(=O)Nc1ccc(F)cc1)N1CCN(c2ccc3nccn3n2)CC1. The van der Waals surface area contributed by atoms with Crippen molar-refractivity contribution in [1.29, 1.82) is 0 Å². The third kappa shape index (κ3) is 3.75. The number of nitrogens with one attached hydrogen (secondary N) is 1. The number of hydrogen-bond donors (Lipinski definition) is 1. The number of rotatable bonds is 4. The van der Waals surface area contributed by atoms with Crippen LogP contribution in [-0.4, -0.2) is 57.6 Å².